The molecule has 1 amide bonds. The number of nitrogens with two attached hydrogens (primary N) is 1. The minimum absolute atomic E-state index is 0.185. The number of aryl methyl sites for hydroxylation is 2. The average molecular weight is 294 g/mol. The highest BCUT2D eigenvalue weighted by Gasteiger charge is 2.16. The summed E-state index contributed by atoms with van der Waals surface area (Å²) in [6.07, 6.45) is 2.17. The Kier molecular flexibility index (Phi) is 3.65. The molecule has 0 saturated heterocycles. The summed E-state index contributed by atoms with van der Waals surface area (Å²) in [5, 5.41) is 0. The number of pyridine rings is 1. The molecule has 0 unspecified atom stereocenters. The van der Waals surface area contributed by atoms with Crippen LogP contribution in [0.2, 0.25) is 0 Å². The van der Waals surface area contributed by atoms with E-state index in [0.29, 0.717) is 0 Å². The third-order valence-corrected chi connectivity index (χ3v) is 3.68. The van der Waals surface area contributed by atoms with Crippen LogP contribution < -0.4 is 11.3 Å². The smallest absolute Gasteiger partial charge is 0.239 e. The predicted octanol–water partition coefficient (Wildman–Crippen LogP) is 2.15. The Labute approximate surface area is 128 Å². The lowest BCUT2D eigenvalue weighted by Crippen LogP contribution is -2.31. The van der Waals surface area contributed by atoms with Gasteiger partial charge in [0, 0.05) is 11.8 Å². The summed E-state index contributed by atoms with van der Waals surface area (Å²) in [6, 6.07) is 12.1. The molecular formula is C17H18N4O. The molecule has 3 aromatic rings. The second-order valence-corrected chi connectivity index (χ2v) is 5.45. The van der Waals surface area contributed by atoms with Crippen molar-refractivity contribution in [3.8, 4) is 11.3 Å². The van der Waals surface area contributed by atoms with Gasteiger partial charge in [0.2, 0.25) is 5.91 Å². The number of carbonyl (C=O) groups is 1. The van der Waals surface area contributed by atoms with Gasteiger partial charge in [-0.05, 0) is 25.5 Å². The molecular weight excluding hydrogens is 276 g/mol. The van der Waals surface area contributed by atoms with Gasteiger partial charge in [-0.15, -0.1) is 0 Å². The molecule has 0 bridgehead atoms. The van der Waals surface area contributed by atoms with Gasteiger partial charge >= 0.3 is 0 Å². The van der Waals surface area contributed by atoms with Crippen LogP contribution in [-0.4, -0.2) is 15.3 Å². The summed E-state index contributed by atoms with van der Waals surface area (Å²) in [6.45, 7) is 4.05. The summed E-state index contributed by atoms with van der Waals surface area (Å²) >= 11 is 0. The van der Waals surface area contributed by atoms with Crippen LogP contribution in [0.25, 0.3) is 16.9 Å². The largest absolute Gasteiger partial charge is 0.303 e. The highest BCUT2D eigenvalue weighted by atomic mass is 16.2. The zero-order chi connectivity index (χ0) is 15.7. The minimum Gasteiger partial charge on any atom is -0.303 e. The number of benzene rings is 1. The lowest BCUT2D eigenvalue weighted by molar-refractivity contribution is -0.120. The Morgan fingerprint density at radius 1 is 1.14 bits per heavy atom. The molecule has 22 heavy (non-hydrogen) atoms. The van der Waals surface area contributed by atoms with Gasteiger partial charge < -0.3 is 4.40 Å². The van der Waals surface area contributed by atoms with Gasteiger partial charge in [-0.25, -0.2) is 10.8 Å². The molecule has 2 aromatic heterocycles. The first-order valence-electron chi connectivity index (χ1n) is 7.12. The molecule has 0 fully saturated rings. The molecule has 0 aliphatic heterocycles. The number of nitrogens with one attached hydrogen (secondary N) is 1. The fraction of sp³-hybridized carbons (Fsp3) is 0.176. The molecule has 3 rings (SSSR count). The van der Waals surface area contributed by atoms with E-state index in [1.807, 2.05) is 60.8 Å². The van der Waals surface area contributed by atoms with Crippen molar-refractivity contribution in [3.63, 3.8) is 0 Å². The standard InChI is InChI=1S/C17H18N4O/c1-11-3-6-13(7-4-11)17-14(9-16(22)20-18)21-10-12(2)5-8-15(21)19-17/h3-8,10H,9,18H2,1-2H3,(H,20,22). The average Bonchev–Trinajstić information content (AvgIpc) is 2.86. The number of hydrogen-bond donors (Lipinski definition) is 2. The molecule has 2 heterocycles. The highest BCUT2D eigenvalue weighted by molar-refractivity contribution is 5.81. The van der Waals surface area contributed by atoms with Crippen LogP contribution in [-0.2, 0) is 11.2 Å². The topological polar surface area (TPSA) is 72.4 Å². The highest BCUT2D eigenvalue weighted by Crippen LogP contribution is 2.25. The number of fused-ring (bicyclic) bond motifs is 1. The Bertz CT molecular complexity index is 834. The van der Waals surface area contributed by atoms with E-state index in [1.165, 1.54) is 5.56 Å². The third-order valence-electron chi connectivity index (χ3n) is 3.68. The Morgan fingerprint density at radius 2 is 1.82 bits per heavy atom. The lowest BCUT2D eigenvalue weighted by atomic mass is 10.1. The SMILES string of the molecule is Cc1ccc(-c2nc3ccc(C)cn3c2CC(=O)NN)cc1. The van der Waals surface area contributed by atoms with E-state index >= 15 is 0 Å². The number of aromatic nitrogens is 2. The molecule has 0 radical (unpaired) electrons. The zero-order valence-corrected chi connectivity index (χ0v) is 12.6. The van der Waals surface area contributed by atoms with Crippen LogP contribution in [0.4, 0.5) is 0 Å². The number of amides is 1. The Balaban J connectivity index is 2.21. The van der Waals surface area contributed by atoms with E-state index in [4.69, 9.17) is 5.84 Å². The van der Waals surface area contributed by atoms with Crippen molar-refractivity contribution in [1.82, 2.24) is 14.8 Å². The number of carbonyl (C=O) groups excluding carboxylic acids is 1. The Hall–Kier alpha value is -2.66. The maximum Gasteiger partial charge on any atom is 0.239 e. The molecule has 3 N–H and O–H groups in total. The number of hydrogen-bond acceptors (Lipinski definition) is 3. The third kappa shape index (κ3) is 2.58. The molecule has 112 valence electrons. The van der Waals surface area contributed by atoms with Gasteiger partial charge in [0.25, 0.3) is 0 Å². The number of imidazole rings is 1. The van der Waals surface area contributed by atoms with Crippen LogP contribution in [0.5, 0.6) is 0 Å². The van der Waals surface area contributed by atoms with Gasteiger partial charge in [0.1, 0.15) is 5.65 Å². The second kappa shape index (κ2) is 5.61. The first kappa shape index (κ1) is 14.3. The van der Waals surface area contributed by atoms with Gasteiger partial charge in [-0.2, -0.15) is 0 Å². The lowest BCUT2D eigenvalue weighted by Gasteiger charge is -2.05. The molecule has 0 aliphatic carbocycles. The van der Waals surface area contributed by atoms with E-state index < -0.39 is 0 Å². The van der Waals surface area contributed by atoms with Crippen molar-refractivity contribution < 1.29 is 4.79 Å². The fourth-order valence-electron chi connectivity index (χ4n) is 2.51. The monoisotopic (exact) mass is 294 g/mol. The normalized spacial score (nSPS) is 10.9. The first-order chi connectivity index (χ1) is 10.6. The maximum atomic E-state index is 11.8. The fourth-order valence-corrected chi connectivity index (χ4v) is 2.51. The van der Waals surface area contributed by atoms with Crippen molar-refractivity contribution in [2.24, 2.45) is 5.84 Å². The second-order valence-electron chi connectivity index (χ2n) is 5.45. The molecule has 5 nitrogen and oxygen atoms in total. The molecule has 1 aromatic carbocycles. The molecule has 5 heteroatoms. The number of rotatable bonds is 3. The van der Waals surface area contributed by atoms with E-state index in [2.05, 4.69) is 10.4 Å². The molecule has 0 atom stereocenters. The molecule has 0 aliphatic rings. The quantitative estimate of drug-likeness (QED) is 0.441. The van der Waals surface area contributed by atoms with Gasteiger partial charge in [0.15, 0.2) is 0 Å². The van der Waals surface area contributed by atoms with Crippen LogP contribution >= 0.6 is 0 Å². The first-order valence-corrected chi connectivity index (χ1v) is 7.12. The van der Waals surface area contributed by atoms with Crippen molar-refractivity contribution in [3.05, 3.63) is 59.4 Å². The predicted molar refractivity (Wildman–Crippen MR) is 86.1 cm³/mol. The van der Waals surface area contributed by atoms with E-state index in [-0.39, 0.29) is 12.3 Å². The van der Waals surface area contributed by atoms with Crippen molar-refractivity contribution in [2.45, 2.75) is 20.3 Å². The summed E-state index contributed by atoms with van der Waals surface area (Å²) in [5.74, 6) is 5.00. The zero-order valence-electron chi connectivity index (χ0n) is 12.6. The summed E-state index contributed by atoms with van der Waals surface area (Å²) in [7, 11) is 0. The number of nitrogens with zero attached hydrogens (tertiary/aromatic N) is 2. The summed E-state index contributed by atoms with van der Waals surface area (Å²) in [5.41, 5.74) is 7.95. The van der Waals surface area contributed by atoms with Gasteiger partial charge in [0.05, 0.1) is 17.8 Å². The number of hydrazine groups is 1. The van der Waals surface area contributed by atoms with Crippen LogP contribution in [0, 0.1) is 13.8 Å². The van der Waals surface area contributed by atoms with Crippen LogP contribution in [0.15, 0.2) is 42.6 Å². The van der Waals surface area contributed by atoms with E-state index in [1.54, 1.807) is 0 Å². The molecule has 0 saturated carbocycles. The van der Waals surface area contributed by atoms with Gasteiger partial charge in [-0.3, -0.25) is 10.2 Å². The van der Waals surface area contributed by atoms with Crippen molar-refractivity contribution >= 4 is 11.6 Å². The summed E-state index contributed by atoms with van der Waals surface area (Å²) < 4.78 is 1.96. The van der Waals surface area contributed by atoms with Crippen molar-refractivity contribution in [1.29, 1.82) is 0 Å². The minimum atomic E-state index is -0.239. The van der Waals surface area contributed by atoms with Crippen LogP contribution in [0.3, 0.4) is 0 Å². The van der Waals surface area contributed by atoms with E-state index in [9.17, 15) is 4.79 Å². The van der Waals surface area contributed by atoms with Crippen molar-refractivity contribution in [2.75, 3.05) is 0 Å². The summed E-state index contributed by atoms with van der Waals surface area (Å²) in [4.78, 5) is 16.5. The van der Waals surface area contributed by atoms with E-state index in [0.717, 1.165) is 28.2 Å². The maximum absolute atomic E-state index is 11.8. The Morgan fingerprint density at radius 3 is 2.50 bits per heavy atom. The van der Waals surface area contributed by atoms with Gasteiger partial charge in [-0.1, -0.05) is 35.9 Å². The van der Waals surface area contributed by atoms with Crippen LogP contribution in [0.1, 0.15) is 16.8 Å². The molecule has 0 spiro atoms.